The third-order valence-corrected chi connectivity index (χ3v) is 5.17. The number of hydrogen-bond donors (Lipinski definition) is 0. The zero-order chi connectivity index (χ0) is 17.8. The first-order chi connectivity index (χ1) is 12.8. The number of nitrogens with zero attached hydrogens (tertiary/aromatic N) is 2. The highest BCUT2D eigenvalue weighted by molar-refractivity contribution is 5.95. The monoisotopic (exact) mass is 352 g/mol. The van der Waals surface area contributed by atoms with Crippen molar-refractivity contribution in [2.45, 2.75) is 44.7 Å². The minimum Gasteiger partial charge on any atom is -0.486 e. The summed E-state index contributed by atoms with van der Waals surface area (Å²) in [5.41, 5.74) is 1.77. The van der Waals surface area contributed by atoms with Crippen molar-refractivity contribution in [2.24, 2.45) is 0 Å². The van der Waals surface area contributed by atoms with Crippen LogP contribution < -0.4 is 9.47 Å². The largest absolute Gasteiger partial charge is 0.486 e. The van der Waals surface area contributed by atoms with Gasteiger partial charge in [-0.15, -0.1) is 0 Å². The predicted molar refractivity (Wildman–Crippen MR) is 98.4 cm³/mol. The van der Waals surface area contributed by atoms with Gasteiger partial charge in [-0.25, -0.2) is 0 Å². The van der Waals surface area contributed by atoms with Crippen molar-refractivity contribution in [1.29, 1.82) is 0 Å². The standard InChI is InChI=1S/C21H24N2O3/c24-21(17-6-7-19-20(14-17)26-13-12-25-19)23(18-4-2-1-3-5-18)15-16-8-10-22-11-9-16/h6-11,14,18H,1-5,12-13,15H2. The molecule has 4 rings (SSSR count). The van der Waals surface area contributed by atoms with E-state index in [0.29, 0.717) is 36.8 Å². The van der Waals surface area contributed by atoms with E-state index in [1.807, 2.05) is 35.2 Å². The van der Waals surface area contributed by atoms with E-state index in [0.717, 1.165) is 18.4 Å². The van der Waals surface area contributed by atoms with Crippen molar-refractivity contribution in [3.8, 4) is 11.5 Å². The topological polar surface area (TPSA) is 51.7 Å². The van der Waals surface area contributed by atoms with Crippen LogP contribution in [0, 0.1) is 0 Å². The molecule has 1 aromatic carbocycles. The number of benzene rings is 1. The molecule has 0 N–H and O–H groups in total. The Labute approximate surface area is 153 Å². The second kappa shape index (κ2) is 7.77. The maximum absolute atomic E-state index is 13.3. The summed E-state index contributed by atoms with van der Waals surface area (Å²) >= 11 is 0. The van der Waals surface area contributed by atoms with Gasteiger partial charge >= 0.3 is 0 Å². The van der Waals surface area contributed by atoms with Gasteiger partial charge in [-0.1, -0.05) is 19.3 Å². The van der Waals surface area contributed by atoms with Crippen LogP contribution in [0.5, 0.6) is 11.5 Å². The van der Waals surface area contributed by atoms with Crippen LogP contribution in [0.2, 0.25) is 0 Å². The van der Waals surface area contributed by atoms with E-state index in [1.165, 1.54) is 19.3 Å². The van der Waals surface area contributed by atoms with Crippen LogP contribution in [0.3, 0.4) is 0 Å². The maximum atomic E-state index is 13.3. The molecule has 1 saturated carbocycles. The predicted octanol–water partition coefficient (Wildman–Crippen LogP) is 3.83. The molecule has 0 atom stereocenters. The third-order valence-electron chi connectivity index (χ3n) is 5.17. The average molecular weight is 352 g/mol. The minimum atomic E-state index is 0.0608. The first-order valence-electron chi connectivity index (χ1n) is 9.41. The highest BCUT2D eigenvalue weighted by Gasteiger charge is 2.27. The van der Waals surface area contributed by atoms with Crippen molar-refractivity contribution < 1.29 is 14.3 Å². The average Bonchev–Trinajstić information content (AvgIpc) is 2.72. The van der Waals surface area contributed by atoms with Crippen LogP contribution in [0.4, 0.5) is 0 Å². The van der Waals surface area contributed by atoms with Gasteiger partial charge in [-0.05, 0) is 48.7 Å². The Morgan fingerprint density at radius 1 is 1.00 bits per heavy atom. The molecule has 5 heteroatoms. The molecule has 1 aliphatic heterocycles. The van der Waals surface area contributed by atoms with Crippen molar-refractivity contribution in [2.75, 3.05) is 13.2 Å². The van der Waals surface area contributed by atoms with E-state index in [-0.39, 0.29) is 11.9 Å². The quantitative estimate of drug-likeness (QED) is 0.839. The molecular formula is C21H24N2O3. The molecule has 136 valence electrons. The summed E-state index contributed by atoms with van der Waals surface area (Å²) < 4.78 is 11.2. The second-order valence-electron chi connectivity index (χ2n) is 6.94. The summed E-state index contributed by atoms with van der Waals surface area (Å²) in [7, 11) is 0. The van der Waals surface area contributed by atoms with Gasteiger partial charge in [0.25, 0.3) is 5.91 Å². The number of hydrogen-bond acceptors (Lipinski definition) is 4. The number of rotatable bonds is 4. The zero-order valence-electron chi connectivity index (χ0n) is 14.9. The molecule has 0 spiro atoms. The van der Waals surface area contributed by atoms with Crippen molar-refractivity contribution in [1.82, 2.24) is 9.88 Å². The number of amides is 1. The number of fused-ring (bicyclic) bond motifs is 1. The Balaban J connectivity index is 1.60. The number of pyridine rings is 1. The lowest BCUT2D eigenvalue weighted by molar-refractivity contribution is 0.0613. The van der Waals surface area contributed by atoms with Gasteiger partial charge in [0.05, 0.1) is 0 Å². The van der Waals surface area contributed by atoms with E-state index in [4.69, 9.17) is 9.47 Å². The van der Waals surface area contributed by atoms with Crippen LogP contribution in [-0.2, 0) is 6.54 Å². The Morgan fingerprint density at radius 2 is 1.73 bits per heavy atom. The molecule has 0 saturated heterocycles. The molecule has 0 radical (unpaired) electrons. The molecule has 1 aromatic heterocycles. The van der Waals surface area contributed by atoms with Gasteiger partial charge in [0, 0.05) is 30.5 Å². The van der Waals surface area contributed by atoms with Gasteiger partial charge in [0.2, 0.25) is 0 Å². The highest BCUT2D eigenvalue weighted by Crippen LogP contribution is 2.32. The molecule has 2 heterocycles. The van der Waals surface area contributed by atoms with Crippen LogP contribution in [0.1, 0.15) is 48.0 Å². The molecule has 2 aliphatic rings. The van der Waals surface area contributed by atoms with Crippen molar-refractivity contribution in [3.63, 3.8) is 0 Å². The Hall–Kier alpha value is -2.56. The summed E-state index contributed by atoms with van der Waals surface area (Å²) in [6, 6.07) is 9.75. The zero-order valence-corrected chi connectivity index (χ0v) is 14.9. The summed E-state index contributed by atoms with van der Waals surface area (Å²) in [5.74, 6) is 1.44. The summed E-state index contributed by atoms with van der Waals surface area (Å²) in [5, 5.41) is 0. The maximum Gasteiger partial charge on any atom is 0.254 e. The van der Waals surface area contributed by atoms with Crippen LogP contribution in [-0.4, -0.2) is 35.0 Å². The van der Waals surface area contributed by atoms with E-state index in [2.05, 4.69) is 4.98 Å². The molecule has 0 unspecified atom stereocenters. The molecule has 1 fully saturated rings. The lowest BCUT2D eigenvalue weighted by Gasteiger charge is -2.35. The molecular weight excluding hydrogens is 328 g/mol. The molecule has 1 amide bonds. The highest BCUT2D eigenvalue weighted by atomic mass is 16.6. The van der Waals surface area contributed by atoms with Gasteiger partial charge in [0.15, 0.2) is 11.5 Å². The van der Waals surface area contributed by atoms with Crippen molar-refractivity contribution in [3.05, 3.63) is 53.9 Å². The van der Waals surface area contributed by atoms with E-state index in [1.54, 1.807) is 12.4 Å². The molecule has 0 bridgehead atoms. The minimum absolute atomic E-state index is 0.0608. The smallest absolute Gasteiger partial charge is 0.254 e. The van der Waals surface area contributed by atoms with Gasteiger partial charge in [0.1, 0.15) is 13.2 Å². The van der Waals surface area contributed by atoms with Crippen molar-refractivity contribution >= 4 is 5.91 Å². The molecule has 5 nitrogen and oxygen atoms in total. The SMILES string of the molecule is O=C(c1ccc2c(c1)OCCO2)N(Cc1ccncc1)C1CCCCC1. The van der Waals surface area contributed by atoms with Gasteiger partial charge in [-0.3, -0.25) is 9.78 Å². The number of carbonyl (C=O) groups is 1. The summed E-state index contributed by atoms with van der Waals surface area (Å²) in [4.78, 5) is 19.5. The van der Waals surface area contributed by atoms with Crippen LogP contribution >= 0.6 is 0 Å². The summed E-state index contributed by atoms with van der Waals surface area (Å²) in [6.45, 7) is 1.69. The second-order valence-corrected chi connectivity index (χ2v) is 6.94. The molecule has 1 aliphatic carbocycles. The Bertz CT molecular complexity index is 757. The van der Waals surface area contributed by atoms with E-state index in [9.17, 15) is 4.79 Å². The summed E-state index contributed by atoms with van der Waals surface area (Å²) in [6.07, 6.45) is 9.34. The first kappa shape index (κ1) is 16.9. The van der Waals surface area contributed by atoms with Crippen LogP contribution in [0.15, 0.2) is 42.7 Å². The van der Waals surface area contributed by atoms with E-state index >= 15 is 0 Å². The molecule has 2 aromatic rings. The van der Waals surface area contributed by atoms with Crippen LogP contribution in [0.25, 0.3) is 0 Å². The normalized spacial score (nSPS) is 16.9. The lowest BCUT2D eigenvalue weighted by Crippen LogP contribution is -2.41. The lowest BCUT2D eigenvalue weighted by atomic mass is 9.93. The number of aromatic nitrogens is 1. The third kappa shape index (κ3) is 3.66. The van der Waals surface area contributed by atoms with Gasteiger partial charge < -0.3 is 14.4 Å². The van der Waals surface area contributed by atoms with E-state index < -0.39 is 0 Å². The molecule has 26 heavy (non-hydrogen) atoms. The number of ether oxygens (including phenoxy) is 2. The number of carbonyl (C=O) groups excluding carboxylic acids is 1. The van der Waals surface area contributed by atoms with Gasteiger partial charge in [-0.2, -0.15) is 0 Å². The Kier molecular flexibility index (Phi) is 5.04. The first-order valence-corrected chi connectivity index (χ1v) is 9.41. The fourth-order valence-electron chi connectivity index (χ4n) is 3.79. The Morgan fingerprint density at radius 3 is 2.50 bits per heavy atom. The fourth-order valence-corrected chi connectivity index (χ4v) is 3.79. The fraction of sp³-hybridized carbons (Fsp3) is 0.429.